The van der Waals surface area contributed by atoms with Crippen LogP contribution in [-0.4, -0.2) is 4.98 Å². The molecular weight excluding hydrogens is 205 g/mol. The number of anilines is 2. The highest BCUT2D eigenvalue weighted by Gasteiger charge is 2.01. The summed E-state index contributed by atoms with van der Waals surface area (Å²) in [6.07, 6.45) is 3.11. The Labute approximate surface area is 92.2 Å². The van der Waals surface area contributed by atoms with Crippen LogP contribution in [0, 0.1) is 17.1 Å². The maximum absolute atomic E-state index is 12.7. The molecule has 0 aliphatic rings. The van der Waals surface area contributed by atoms with E-state index in [2.05, 4.69) is 16.4 Å². The summed E-state index contributed by atoms with van der Waals surface area (Å²) >= 11 is 0. The van der Waals surface area contributed by atoms with Crippen LogP contribution in [-0.2, 0) is 0 Å². The molecule has 2 aromatic rings. The summed E-state index contributed by atoms with van der Waals surface area (Å²) in [5.74, 6) is -0.294. The average Bonchev–Trinajstić information content (AvgIpc) is 2.33. The number of aromatic nitrogens is 1. The van der Waals surface area contributed by atoms with Gasteiger partial charge in [0.15, 0.2) is 0 Å². The number of rotatable bonds is 2. The molecule has 1 aromatic carbocycles. The van der Waals surface area contributed by atoms with E-state index < -0.39 is 0 Å². The number of halogens is 1. The molecule has 0 amide bonds. The van der Waals surface area contributed by atoms with Gasteiger partial charge >= 0.3 is 0 Å². The molecule has 1 aromatic heterocycles. The van der Waals surface area contributed by atoms with E-state index in [0.717, 1.165) is 0 Å². The Kier molecular flexibility index (Phi) is 2.79. The molecule has 0 radical (unpaired) electrons. The molecular formula is C12H8FN3. The van der Waals surface area contributed by atoms with Crippen molar-refractivity contribution in [3.8, 4) is 6.07 Å². The molecule has 0 aliphatic heterocycles. The largest absolute Gasteiger partial charge is 0.353 e. The first-order valence-corrected chi connectivity index (χ1v) is 4.66. The number of hydrogen-bond donors (Lipinski definition) is 1. The molecule has 0 saturated heterocycles. The molecule has 0 saturated carbocycles. The Morgan fingerprint density at radius 1 is 1.19 bits per heavy atom. The normalized spacial score (nSPS) is 9.50. The van der Waals surface area contributed by atoms with Crippen molar-refractivity contribution in [2.45, 2.75) is 0 Å². The standard InChI is InChI=1S/C12H8FN3/c13-10-1-3-11(4-2-10)16-12-8-15-6-5-9(12)7-14/h1-6,8,16H. The zero-order valence-corrected chi connectivity index (χ0v) is 8.31. The van der Waals surface area contributed by atoms with Crippen LogP contribution in [0.3, 0.4) is 0 Å². The summed E-state index contributed by atoms with van der Waals surface area (Å²) in [6, 6.07) is 9.57. The number of benzene rings is 1. The number of pyridine rings is 1. The molecule has 0 bridgehead atoms. The maximum atomic E-state index is 12.7. The van der Waals surface area contributed by atoms with Crippen molar-refractivity contribution in [1.82, 2.24) is 4.98 Å². The predicted octanol–water partition coefficient (Wildman–Crippen LogP) is 2.84. The van der Waals surface area contributed by atoms with E-state index in [9.17, 15) is 4.39 Å². The summed E-state index contributed by atoms with van der Waals surface area (Å²) in [5, 5.41) is 11.9. The number of nitrogens with one attached hydrogen (secondary N) is 1. The van der Waals surface area contributed by atoms with Crippen LogP contribution in [0.2, 0.25) is 0 Å². The van der Waals surface area contributed by atoms with E-state index in [4.69, 9.17) is 5.26 Å². The summed E-state index contributed by atoms with van der Waals surface area (Å²) in [5.41, 5.74) is 1.82. The Hall–Kier alpha value is -2.41. The fourth-order valence-electron chi connectivity index (χ4n) is 1.28. The quantitative estimate of drug-likeness (QED) is 0.834. The second-order valence-electron chi connectivity index (χ2n) is 3.16. The lowest BCUT2D eigenvalue weighted by Crippen LogP contribution is -1.94. The van der Waals surface area contributed by atoms with Gasteiger partial charge in [-0.3, -0.25) is 4.98 Å². The van der Waals surface area contributed by atoms with Crippen LogP contribution in [0.15, 0.2) is 42.7 Å². The molecule has 3 nitrogen and oxygen atoms in total. The Bertz CT molecular complexity index is 529. The molecule has 16 heavy (non-hydrogen) atoms. The van der Waals surface area contributed by atoms with Crippen LogP contribution in [0.4, 0.5) is 15.8 Å². The highest BCUT2D eigenvalue weighted by Crippen LogP contribution is 2.19. The first-order chi connectivity index (χ1) is 7.79. The van der Waals surface area contributed by atoms with Gasteiger partial charge in [-0.1, -0.05) is 0 Å². The number of nitriles is 1. The third-order valence-corrected chi connectivity index (χ3v) is 2.06. The van der Waals surface area contributed by atoms with E-state index in [-0.39, 0.29) is 5.82 Å². The Balaban J connectivity index is 2.27. The lowest BCUT2D eigenvalue weighted by atomic mass is 10.2. The van der Waals surface area contributed by atoms with Gasteiger partial charge in [0, 0.05) is 11.9 Å². The first kappa shape index (κ1) is 10.1. The molecule has 0 fully saturated rings. The van der Waals surface area contributed by atoms with Crippen molar-refractivity contribution >= 4 is 11.4 Å². The number of nitrogens with zero attached hydrogens (tertiary/aromatic N) is 2. The lowest BCUT2D eigenvalue weighted by Gasteiger charge is -2.06. The minimum absolute atomic E-state index is 0.294. The van der Waals surface area contributed by atoms with Crippen LogP contribution in [0.5, 0.6) is 0 Å². The van der Waals surface area contributed by atoms with Crippen molar-refractivity contribution in [3.05, 3.63) is 54.1 Å². The molecule has 2 rings (SSSR count). The fraction of sp³-hybridized carbons (Fsp3) is 0. The smallest absolute Gasteiger partial charge is 0.123 e. The van der Waals surface area contributed by atoms with Gasteiger partial charge in [-0.25, -0.2) is 4.39 Å². The van der Waals surface area contributed by atoms with Gasteiger partial charge in [-0.2, -0.15) is 5.26 Å². The second-order valence-corrected chi connectivity index (χ2v) is 3.16. The summed E-state index contributed by atoms with van der Waals surface area (Å²) < 4.78 is 12.7. The van der Waals surface area contributed by atoms with Crippen molar-refractivity contribution < 1.29 is 4.39 Å². The Morgan fingerprint density at radius 2 is 1.94 bits per heavy atom. The number of hydrogen-bond acceptors (Lipinski definition) is 3. The third kappa shape index (κ3) is 2.15. The van der Waals surface area contributed by atoms with Crippen LogP contribution >= 0.6 is 0 Å². The molecule has 0 aliphatic carbocycles. The van der Waals surface area contributed by atoms with Gasteiger partial charge in [0.1, 0.15) is 11.9 Å². The van der Waals surface area contributed by atoms with E-state index in [0.29, 0.717) is 16.9 Å². The summed E-state index contributed by atoms with van der Waals surface area (Å²) in [4.78, 5) is 3.92. The minimum atomic E-state index is -0.294. The fourth-order valence-corrected chi connectivity index (χ4v) is 1.28. The van der Waals surface area contributed by atoms with Crippen molar-refractivity contribution in [3.63, 3.8) is 0 Å². The van der Waals surface area contributed by atoms with Crippen LogP contribution in [0.1, 0.15) is 5.56 Å². The monoisotopic (exact) mass is 213 g/mol. The zero-order valence-electron chi connectivity index (χ0n) is 8.31. The molecule has 4 heteroatoms. The van der Waals surface area contributed by atoms with Gasteiger partial charge in [0.2, 0.25) is 0 Å². The summed E-state index contributed by atoms with van der Waals surface area (Å²) in [6.45, 7) is 0. The van der Waals surface area contributed by atoms with E-state index in [1.807, 2.05) is 0 Å². The Morgan fingerprint density at radius 3 is 2.62 bits per heavy atom. The van der Waals surface area contributed by atoms with Gasteiger partial charge in [-0.15, -0.1) is 0 Å². The highest BCUT2D eigenvalue weighted by atomic mass is 19.1. The van der Waals surface area contributed by atoms with Crippen LogP contribution in [0.25, 0.3) is 0 Å². The van der Waals surface area contributed by atoms with Gasteiger partial charge < -0.3 is 5.32 Å². The van der Waals surface area contributed by atoms with Gasteiger partial charge in [0.05, 0.1) is 17.4 Å². The SMILES string of the molecule is N#Cc1ccncc1Nc1ccc(F)cc1. The predicted molar refractivity (Wildman–Crippen MR) is 58.6 cm³/mol. The van der Waals surface area contributed by atoms with E-state index in [1.54, 1.807) is 30.6 Å². The highest BCUT2D eigenvalue weighted by molar-refractivity contribution is 5.65. The zero-order chi connectivity index (χ0) is 11.4. The van der Waals surface area contributed by atoms with Crippen LogP contribution < -0.4 is 5.32 Å². The molecule has 1 heterocycles. The molecule has 0 atom stereocenters. The molecule has 78 valence electrons. The molecule has 0 unspecified atom stereocenters. The van der Waals surface area contributed by atoms with Crippen molar-refractivity contribution in [1.29, 1.82) is 5.26 Å². The topological polar surface area (TPSA) is 48.7 Å². The third-order valence-electron chi connectivity index (χ3n) is 2.06. The van der Waals surface area contributed by atoms with Crippen molar-refractivity contribution in [2.75, 3.05) is 5.32 Å². The lowest BCUT2D eigenvalue weighted by molar-refractivity contribution is 0.628. The average molecular weight is 213 g/mol. The van der Waals surface area contributed by atoms with Crippen molar-refractivity contribution in [2.24, 2.45) is 0 Å². The minimum Gasteiger partial charge on any atom is -0.353 e. The molecule has 0 spiro atoms. The van der Waals surface area contributed by atoms with Gasteiger partial charge in [-0.05, 0) is 30.3 Å². The van der Waals surface area contributed by atoms with E-state index >= 15 is 0 Å². The first-order valence-electron chi connectivity index (χ1n) is 4.66. The van der Waals surface area contributed by atoms with Gasteiger partial charge in [0.25, 0.3) is 0 Å². The second kappa shape index (κ2) is 4.41. The van der Waals surface area contributed by atoms with E-state index in [1.165, 1.54) is 12.1 Å². The summed E-state index contributed by atoms with van der Waals surface area (Å²) in [7, 11) is 0. The molecule has 1 N–H and O–H groups in total. The maximum Gasteiger partial charge on any atom is 0.123 e.